The van der Waals surface area contributed by atoms with E-state index in [4.69, 9.17) is 5.73 Å². The van der Waals surface area contributed by atoms with Crippen LogP contribution in [0.4, 0.5) is 5.69 Å². The van der Waals surface area contributed by atoms with Crippen LogP contribution in [-0.2, 0) is 0 Å². The van der Waals surface area contributed by atoms with E-state index in [-0.39, 0.29) is 0 Å². The molecule has 0 fully saturated rings. The van der Waals surface area contributed by atoms with E-state index in [0.29, 0.717) is 5.82 Å². The Hall–Kier alpha value is -2.62. The van der Waals surface area contributed by atoms with Gasteiger partial charge in [0, 0.05) is 16.8 Å². The van der Waals surface area contributed by atoms with Gasteiger partial charge >= 0.3 is 0 Å². The third-order valence-corrected chi connectivity index (χ3v) is 3.05. The number of anilines is 1. The van der Waals surface area contributed by atoms with Crippen molar-refractivity contribution in [3.8, 4) is 22.8 Å². The van der Waals surface area contributed by atoms with Crippen molar-refractivity contribution < 1.29 is 0 Å². The van der Waals surface area contributed by atoms with Gasteiger partial charge in [-0.3, -0.25) is 5.10 Å². The van der Waals surface area contributed by atoms with Crippen molar-refractivity contribution in [3.05, 3.63) is 54.1 Å². The second-order valence-corrected chi connectivity index (χ2v) is 4.44. The maximum absolute atomic E-state index is 5.67. The van der Waals surface area contributed by atoms with Crippen LogP contribution in [0.5, 0.6) is 0 Å². The first-order valence-electron chi connectivity index (χ1n) is 6.08. The van der Waals surface area contributed by atoms with Crippen LogP contribution in [0.1, 0.15) is 5.56 Å². The molecule has 0 saturated heterocycles. The van der Waals surface area contributed by atoms with E-state index in [0.717, 1.165) is 22.6 Å². The SMILES string of the molecule is Cc1ccccc1-c1nc(-c2ccc(N)cc2)n[nH]1. The summed E-state index contributed by atoms with van der Waals surface area (Å²) >= 11 is 0. The van der Waals surface area contributed by atoms with Crippen LogP contribution in [-0.4, -0.2) is 15.2 Å². The largest absolute Gasteiger partial charge is 0.399 e. The number of nitrogens with one attached hydrogen (secondary N) is 1. The Labute approximate surface area is 111 Å². The summed E-state index contributed by atoms with van der Waals surface area (Å²) in [6, 6.07) is 15.6. The Morgan fingerprint density at radius 1 is 1.00 bits per heavy atom. The molecule has 0 aliphatic carbocycles. The minimum Gasteiger partial charge on any atom is -0.399 e. The highest BCUT2D eigenvalue weighted by molar-refractivity contribution is 5.64. The Kier molecular flexibility index (Phi) is 2.76. The van der Waals surface area contributed by atoms with E-state index in [9.17, 15) is 0 Å². The van der Waals surface area contributed by atoms with Crippen LogP contribution >= 0.6 is 0 Å². The molecule has 0 radical (unpaired) electrons. The van der Waals surface area contributed by atoms with E-state index in [1.165, 1.54) is 5.56 Å². The zero-order valence-electron chi connectivity index (χ0n) is 10.6. The highest BCUT2D eigenvalue weighted by atomic mass is 15.2. The van der Waals surface area contributed by atoms with E-state index in [1.54, 1.807) is 0 Å². The molecule has 0 spiro atoms. The number of rotatable bonds is 2. The molecular weight excluding hydrogens is 236 g/mol. The molecule has 0 aliphatic heterocycles. The number of nitrogen functional groups attached to an aromatic ring is 1. The molecule has 1 heterocycles. The number of nitrogens with two attached hydrogens (primary N) is 1. The first kappa shape index (κ1) is 11.5. The lowest BCUT2D eigenvalue weighted by Gasteiger charge is -1.99. The molecule has 94 valence electrons. The van der Waals surface area contributed by atoms with Gasteiger partial charge in [0.05, 0.1) is 0 Å². The number of aryl methyl sites for hydroxylation is 1. The predicted octanol–water partition coefficient (Wildman–Crippen LogP) is 3.03. The van der Waals surface area contributed by atoms with Crippen molar-refractivity contribution >= 4 is 5.69 Å². The van der Waals surface area contributed by atoms with Crippen LogP contribution in [0.3, 0.4) is 0 Å². The fraction of sp³-hybridized carbons (Fsp3) is 0.0667. The highest BCUT2D eigenvalue weighted by Crippen LogP contribution is 2.22. The average Bonchev–Trinajstić information content (AvgIpc) is 2.89. The van der Waals surface area contributed by atoms with Crippen molar-refractivity contribution in [1.29, 1.82) is 0 Å². The smallest absolute Gasteiger partial charge is 0.181 e. The lowest BCUT2D eigenvalue weighted by atomic mass is 10.1. The molecule has 0 unspecified atom stereocenters. The molecule has 0 bridgehead atoms. The van der Waals surface area contributed by atoms with Crippen LogP contribution in [0.2, 0.25) is 0 Å². The van der Waals surface area contributed by atoms with Crippen molar-refractivity contribution in [2.45, 2.75) is 6.92 Å². The molecule has 2 aromatic carbocycles. The summed E-state index contributed by atoms with van der Waals surface area (Å²) in [6.45, 7) is 2.06. The van der Waals surface area contributed by atoms with Crippen molar-refractivity contribution in [2.75, 3.05) is 5.73 Å². The monoisotopic (exact) mass is 250 g/mol. The van der Waals surface area contributed by atoms with Crippen LogP contribution < -0.4 is 5.73 Å². The van der Waals surface area contributed by atoms with Gasteiger partial charge in [-0.25, -0.2) is 4.98 Å². The standard InChI is InChI=1S/C15H14N4/c1-10-4-2-3-5-13(10)15-17-14(18-19-15)11-6-8-12(16)9-7-11/h2-9H,16H2,1H3,(H,17,18,19). The van der Waals surface area contributed by atoms with Gasteiger partial charge in [-0.1, -0.05) is 24.3 Å². The molecule has 0 amide bonds. The highest BCUT2D eigenvalue weighted by Gasteiger charge is 2.08. The zero-order valence-corrected chi connectivity index (χ0v) is 10.6. The van der Waals surface area contributed by atoms with E-state index in [2.05, 4.69) is 28.2 Å². The van der Waals surface area contributed by atoms with Crippen LogP contribution in [0.15, 0.2) is 48.5 Å². The Balaban J connectivity index is 2.00. The molecule has 3 N–H and O–H groups in total. The van der Waals surface area contributed by atoms with E-state index < -0.39 is 0 Å². The number of nitrogens with zero attached hydrogens (tertiary/aromatic N) is 2. The second-order valence-electron chi connectivity index (χ2n) is 4.44. The van der Waals surface area contributed by atoms with E-state index in [1.807, 2.05) is 42.5 Å². The number of benzene rings is 2. The normalized spacial score (nSPS) is 10.6. The Morgan fingerprint density at radius 2 is 1.74 bits per heavy atom. The maximum atomic E-state index is 5.67. The van der Waals surface area contributed by atoms with Gasteiger partial charge in [0.15, 0.2) is 11.6 Å². The molecule has 0 saturated carbocycles. The van der Waals surface area contributed by atoms with E-state index >= 15 is 0 Å². The fourth-order valence-electron chi connectivity index (χ4n) is 1.98. The fourth-order valence-corrected chi connectivity index (χ4v) is 1.98. The van der Waals surface area contributed by atoms with Gasteiger partial charge in [-0.2, -0.15) is 5.10 Å². The zero-order chi connectivity index (χ0) is 13.2. The van der Waals surface area contributed by atoms with Crippen LogP contribution in [0, 0.1) is 6.92 Å². The maximum Gasteiger partial charge on any atom is 0.181 e. The van der Waals surface area contributed by atoms with Gasteiger partial charge in [-0.15, -0.1) is 0 Å². The van der Waals surface area contributed by atoms with Gasteiger partial charge in [0.25, 0.3) is 0 Å². The van der Waals surface area contributed by atoms with Gasteiger partial charge in [0.2, 0.25) is 0 Å². The van der Waals surface area contributed by atoms with Crippen molar-refractivity contribution in [1.82, 2.24) is 15.2 Å². The first-order valence-corrected chi connectivity index (χ1v) is 6.08. The van der Waals surface area contributed by atoms with Gasteiger partial charge in [-0.05, 0) is 36.8 Å². The quantitative estimate of drug-likeness (QED) is 0.687. The number of hydrogen-bond donors (Lipinski definition) is 2. The average molecular weight is 250 g/mol. The molecule has 1 aromatic heterocycles. The predicted molar refractivity (Wildman–Crippen MR) is 76.4 cm³/mol. The lowest BCUT2D eigenvalue weighted by molar-refractivity contribution is 1.10. The van der Waals surface area contributed by atoms with Crippen molar-refractivity contribution in [2.24, 2.45) is 0 Å². The summed E-state index contributed by atoms with van der Waals surface area (Å²) in [4.78, 5) is 4.53. The second kappa shape index (κ2) is 4.57. The molecule has 4 heteroatoms. The molecular formula is C15H14N4. The topological polar surface area (TPSA) is 67.6 Å². The number of aromatic nitrogens is 3. The summed E-state index contributed by atoms with van der Waals surface area (Å²) in [5.74, 6) is 1.46. The minimum atomic E-state index is 0.679. The number of aromatic amines is 1. The lowest BCUT2D eigenvalue weighted by Crippen LogP contribution is -1.86. The third-order valence-electron chi connectivity index (χ3n) is 3.05. The first-order chi connectivity index (χ1) is 9.24. The minimum absolute atomic E-state index is 0.679. The molecule has 4 nitrogen and oxygen atoms in total. The summed E-state index contributed by atoms with van der Waals surface area (Å²) in [7, 11) is 0. The molecule has 19 heavy (non-hydrogen) atoms. The van der Waals surface area contributed by atoms with Gasteiger partial charge in [0.1, 0.15) is 0 Å². The third kappa shape index (κ3) is 2.20. The van der Waals surface area contributed by atoms with Gasteiger partial charge < -0.3 is 5.73 Å². The van der Waals surface area contributed by atoms with Crippen LogP contribution in [0.25, 0.3) is 22.8 Å². The summed E-state index contributed by atoms with van der Waals surface area (Å²) in [5, 5.41) is 7.24. The summed E-state index contributed by atoms with van der Waals surface area (Å²) < 4.78 is 0. The number of H-pyrrole nitrogens is 1. The number of hydrogen-bond acceptors (Lipinski definition) is 3. The molecule has 3 rings (SSSR count). The summed E-state index contributed by atoms with van der Waals surface area (Å²) in [6.07, 6.45) is 0. The molecule has 3 aromatic rings. The Morgan fingerprint density at radius 3 is 2.47 bits per heavy atom. The molecule has 0 atom stereocenters. The molecule has 0 aliphatic rings. The van der Waals surface area contributed by atoms with Crippen molar-refractivity contribution in [3.63, 3.8) is 0 Å². The Bertz CT molecular complexity index is 698. The summed E-state index contributed by atoms with van der Waals surface area (Å²) in [5.41, 5.74) is 9.59.